The summed E-state index contributed by atoms with van der Waals surface area (Å²) in [6.45, 7) is 3.68. The van der Waals surface area contributed by atoms with Gasteiger partial charge in [0.2, 0.25) is 11.7 Å². The summed E-state index contributed by atoms with van der Waals surface area (Å²) < 4.78 is 10.3. The highest BCUT2D eigenvalue weighted by Gasteiger charge is 2.22. The molecule has 0 saturated carbocycles. The van der Waals surface area contributed by atoms with Gasteiger partial charge in [0.15, 0.2) is 11.3 Å². The topological polar surface area (TPSA) is 100 Å². The Kier molecular flexibility index (Phi) is 3.96. The number of phenols is 2. The van der Waals surface area contributed by atoms with Crippen LogP contribution in [0.25, 0.3) is 11.0 Å². The molecule has 0 bridgehead atoms. The zero-order chi connectivity index (χ0) is 16.6. The largest absolute Gasteiger partial charge is 0.504 e. The molecule has 1 saturated heterocycles. The van der Waals surface area contributed by atoms with E-state index in [4.69, 9.17) is 9.15 Å². The van der Waals surface area contributed by atoms with Crippen LogP contribution < -0.4 is 5.63 Å². The predicted octanol–water partition coefficient (Wildman–Crippen LogP) is 0.914. The Hall–Kier alpha value is -2.54. The van der Waals surface area contributed by atoms with Gasteiger partial charge in [0.25, 0.3) is 0 Å². The molecule has 0 atom stereocenters. The van der Waals surface area contributed by atoms with E-state index in [1.807, 2.05) is 0 Å². The van der Waals surface area contributed by atoms with Crippen molar-refractivity contribution in [2.75, 3.05) is 26.3 Å². The van der Waals surface area contributed by atoms with Gasteiger partial charge in [0.05, 0.1) is 25.2 Å². The summed E-state index contributed by atoms with van der Waals surface area (Å²) in [5.74, 6) is -1.00. The van der Waals surface area contributed by atoms with Crippen molar-refractivity contribution >= 4 is 16.9 Å². The number of aromatic hydroxyl groups is 2. The lowest BCUT2D eigenvalue weighted by molar-refractivity contribution is -0.134. The normalized spacial score (nSPS) is 15.1. The van der Waals surface area contributed by atoms with E-state index in [-0.39, 0.29) is 29.2 Å². The van der Waals surface area contributed by atoms with Crippen molar-refractivity contribution < 1.29 is 24.2 Å². The number of fused-ring (bicyclic) bond motifs is 1. The Morgan fingerprint density at radius 2 is 1.96 bits per heavy atom. The van der Waals surface area contributed by atoms with Crippen molar-refractivity contribution in [3.8, 4) is 11.5 Å². The predicted molar refractivity (Wildman–Crippen MR) is 81.7 cm³/mol. The van der Waals surface area contributed by atoms with Gasteiger partial charge in [-0.1, -0.05) is 0 Å². The molecule has 122 valence electrons. The molecule has 2 heterocycles. The van der Waals surface area contributed by atoms with Crippen LogP contribution in [0.4, 0.5) is 0 Å². The highest BCUT2D eigenvalue weighted by Crippen LogP contribution is 2.34. The average Bonchev–Trinajstić information content (AvgIpc) is 2.56. The van der Waals surface area contributed by atoms with Crippen LogP contribution in [0.5, 0.6) is 11.5 Å². The molecule has 0 aliphatic carbocycles. The van der Waals surface area contributed by atoms with Crippen LogP contribution in [0.2, 0.25) is 0 Å². The van der Waals surface area contributed by atoms with Crippen LogP contribution in [0.3, 0.4) is 0 Å². The third-order valence-electron chi connectivity index (χ3n) is 4.10. The van der Waals surface area contributed by atoms with Gasteiger partial charge >= 0.3 is 5.63 Å². The Labute approximate surface area is 131 Å². The van der Waals surface area contributed by atoms with Crippen LogP contribution in [0.1, 0.15) is 11.1 Å². The first-order valence-corrected chi connectivity index (χ1v) is 7.31. The number of benzene rings is 1. The fraction of sp³-hybridized carbons (Fsp3) is 0.375. The molecule has 7 heteroatoms. The van der Waals surface area contributed by atoms with Gasteiger partial charge in [-0.15, -0.1) is 0 Å². The summed E-state index contributed by atoms with van der Waals surface area (Å²) >= 11 is 0. The average molecular weight is 319 g/mol. The summed E-state index contributed by atoms with van der Waals surface area (Å²) in [4.78, 5) is 26.2. The first-order chi connectivity index (χ1) is 11.0. The molecular formula is C16H17NO6. The highest BCUT2D eigenvalue weighted by atomic mass is 16.5. The van der Waals surface area contributed by atoms with E-state index < -0.39 is 11.4 Å². The summed E-state index contributed by atoms with van der Waals surface area (Å²) in [6, 6.07) is 2.86. The number of ether oxygens (including phenoxy) is 1. The van der Waals surface area contributed by atoms with Gasteiger partial charge < -0.3 is 24.3 Å². The van der Waals surface area contributed by atoms with Crippen LogP contribution in [-0.2, 0) is 16.0 Å². The number of rotatable bonds is 2. The maximum absolute atomic E-state index is 12.3. The number of nitrogens with zero attached hydrogens (tertiary/aromatic N) is 1. The first-order valence-electron chi connectivity index (χ1n) is 7.31. The van der Waals surface area contributed by atoms with Crippen molar-refractivity contribution in [2.24, 2.45) is 0 Å². The van der Waals surface area contributed by atoms with Crippen LogP contribution in [0, 0.1) is 6.92 Å². The van der Waals surface area contributed by atoms with E-state index in [1.165, 1.54) is 6.07 Å². The number of hydrogen-bond acceptors (Lipinski definition) is 6. The van der Waals surface area contributed by atoms with Crippen molar-refractivity contribution in [1.82, 2.24) is 4.90 Å². The van der Waals surface area contributed by atoms with Gasteiger partial charge in [0.1, 0.15) is 0 Å². The second-order valence-corrected chi connectivity index (χ2v) is 5.47. The van der Waals surface area contributed by atoms with Gasteiger partial charge in [-0.05, 0) is 24.6 Å². The molecule has 3 rings (SSSR count). The van der Waals surface area contributed by atoms with E-state index in [1.54, 1.807) is 17.9 Å². The zero-order valence-corrected chi connectivity index (χ0v) is 12.7. The van der Waals surface area contributed by atoms with E-state index in [0.717, 1.165) is 0 Å². The van der Waals surface area contributed by atoms with Crippen molar-refractivity contribution in [3.05, 3.63) is 33.7 Å². The number of morpholine rings is 1. The maximum Gasteiger partial charge on any atom is 0.340 e. The lowest BCUT2D eigenvalue weighted by atomic mass is 10.0. The molecule has 1 aliphatic heterocycles. The summed E-state index contributed by atoms with van der Waals surface area (Å²) in [6.07, 6.45) is -0.0637. The molecule has 1 aliphatic rings. The summed E-state index contributed by atoms with van der Waals surface area (Å²) in [5.41, 5.74) is 0.0693. The molecule has 1 aromatic heterocycles. The molecule has 1 aromatic carbocycles. The zero-order valence-electron chi connectivity index (χ0n) is 12.7. The monoisotopic (exact) mass is 319 g/mol. The second kappa shape index (κ2) is 5.92. The molecule has 2 N–H and O–H groups in total. The minimum atomic E-state index is -0.683. The highest BCUT2D eigenvalue weighted by molar-refractivity contribution is 5.89. The third-order valence-corrected chi connectivity index (χ3v) is 4.10. The van der Waals surface area contributed by atoms with E-state index in [0.29, 0.717) is 37.3 Å². The lowest BCUT2D eigenvalue weighted by Crippen LogP contribution is -2.42. The number of carbonyl (C=O) groups is 1. The Morgan fingerprint density at radius 3 is 2.65 bits per heavy atom. The van der Waals surface area contributed by atoms with Gasteiger partial charge in [-0.2, -0.15) is 0 Å². The van der Waals surface area contributed by atoms with Crippen molar-refractivity contribution in [1.29, 1.82) is 0 Å². The van der Waals surface area contributed by atoms with Crippen LogP contribution in [-0.4, -0.2) is 47.3 Å². The number of phenolic OH excluding ortho intramolecular Hbond substituents is 2. The Bertz CT molecular complexity index is 819. The molecule has 0 spiro atoms. The quantitative estimate of drug-likeness (QED) is 0.630. The van der Waals surface area contributed by atoms with E-state index in [2.05, 4.69) is 0 Å². The molecule has 23 heavy (non-hydrogen) atoms. The van der Waals surface area contributed by atoms with Gasteiger partial charge in [-0.3, -0.25) is 4.79 Å². The standard InChI is InChI=1S/C16H17NO6/c1-9-10-2-3-12(18)14(20)15(10)23-16(21)11(9)8-13(19)17-4-6-22-7-5-17/h2-3,18,20H,4-8H2,1H3. The van der Waals surface area contributed by atoms with E-state index in [9.17, 15) is 19.8 Å². The lowest BCUT2D eigenvalue weighted by Gasteiger charge is -2.27. The summed E-state index contributed by atoms with van der Waals surface area (Å²) in [5, 5.41) is 19.8. The number of aryl methyl sites for hydroxylation is 1. The Balaban J connectivity index is 1.99. The van der Waals surface area contributed by atoms with Crippen LogP contribution in [0.15, 0.2) is 21.3 Å². The fourth-order valence-corrected chi connectivity index (χ4v) is 2.71. The molecule has 7 nitrogen and oxygen atoms in total. The number of amides is 1. The third kappa shape index (κ3) is 2.75. The van der Waals surface area contributed by atoms with Crippen molar-refractivity contribution in [2.45, 2.75) is 13.3 Å². The summed E-state index contributed by atoms with van der Waals surface area (Å²) in [7, 11) is 0. The molecule has 1 amide bonds. The van der Waals surface area contributed by atoms with Gasteiger partial charge in [-0.25, -0.2) is 4.79 Å². The Morgan fingerprint density at radius 1 is 1.26 bits per heavy atom. The first kappa shape index (κ1) is 15.4. The minimum absolute atomic E-state index is 0.0637. The van der Waals surface area contributed by atoms with E-state index >= 15 is 0 Å². The molecule has 2 aromatic rings. The SMILES string of the molecule is Cc1c(CC(=O)N2CCOCC2)c(=O)oc2c(O)c(O)ccc12. The molecule has 1 fully saturated rings. The van der Waals surface area contributed by atoms with Crippen molar-refractivity contribution in [3.63, 3.8) is 0 Å². The maximum atomic E-state index is 12.3. The number of hydrogen-bond donors (Lipinski definition) is 2. The fourth-order valence-electron chi connectivity index (χ4n) is 2.71. The smallest absolute Gasteiger partial charge is 0.340 e. The van der Waals surface area contributed by atoms with Gasteiger partial charge in [0, 0.05) is 18.5 Å². The van der Waals surface area contributed by atoms with Crippen LogP contribution >= 0.6 is 0 Å². The molecule has 0 unspecified atom stereocenters. The molecular weight excluding hydrogens is 302 g/mol. The molecule has 0 radical (unpaired) electrons. The second-order valence-electron chi connectivity index (χ2n) is 5.47. The minimum Gasteiger partial charge on any atom is -0.504 e. The number of carbonyl (C=O) groups excluding carboxylic acids is 1.